The number of nitrogens with two attached hydrogens (primary N) is 1. The van der Waals surface area contributed by atoms with Crippen molar-refractivity contribution >= 4 is 11.8 Å². The summed E-state index contributed by atoms with van der Waals surface area (Å²) < 4.78 is 5.16. The first-order chi connectivity index (χ1) is 10.6. The first kappa shape index (κ1) is 18.9. The Hall–Kier alpha value is -2.15. The van der Waals surface area contributed by atoms with E-state index in [4.69, 9.17) is 10.5 Å². The summed E-state index contributed by atoms with van der Waals surface area (Å²) in [6.45, 7) is 7.95. The first-order valence-corrected chi connectivity index (χ1v) is 7.58. The maximum absolute atomic E-state index is 12.0. The number of ether oxygens (including phenoxy) is 1. The van der Waals surface area contributed by atoms with Crippen LogP contribution in [0.1, 0.15) is 40.5 Å². The average molecular weight is 323 g/mol. The van der Waals surface area contributed by atoms with Crippen molar-refractivity contribution in [1.82, 2.24) is 5.32 Å². The fourth-order valence-corrected chi connectivity index (χ4v) is 2.34. The molecule has 0 spiro atoms. The Labute approximate surface area is 136 Å². The number of hydrogen-bond acceptors (Lipinski definition) is 5. The number of amides is 1. The van der Waals surface area contributed by atoms with E-state index in [-0.39, 0.29) is 17.5 Å². The maximum Gasteiger partial charge on any atom is 0.412 e. The van der Waals surface area contributed by atoms with Gasteiger partial charge in [-0.1, -0.05) is 13.8 Å². The Morgan fingerprint density at radius 2 is 1.91 bits per heavy atom. The van der Waals surface area contributed by atoms with Crippen LogP contribution in [0, 0.1) is 16.0 Å². The smallest absolute Gasteiger partial charge is 0.410 e. The summed E-state index contributed by atoms with van der Waals surface area (Å²) in [5.41, 5.74) is 5.57. The number of hydrogen-bond donors (Lipinski definition) is 2. The number of non-ortho nitro benzene ring substituents is 1. The van der Waals surface area contributed by atoms with Crippen LogP contribution >= 0.6 is 0 Å². The third-order valence-electron chi connectivity index (χ3n) is 3.11. The van der Waals surface area contributed by atoms with Gasteiger partial charge in [0.25, 0.3) is 5.69 Å². The maximum atomic E-state index is 12.0. The fourth-order valence-electron chi connectivity index (χ4n) is 2.34. The predicted molar refractivity (Wildman–Crippen MR) is 88.4 cm³/mol. The van der Waals surface area contributed by atoms with Crippen LogP contribution in [0.3, 0.4) is 0 Å². The fraction of sp³-hybridized carbons (Fsp3) is 0.562. The summed E-state index contributed by atoms with van der Waals surface area (Å²) in [4.78, 5) is 22.1. The quantitative estimate of drug-likeness (QED) is 0.591. The van der Waals surface area contributed by atoms with E-state index >= 15 is 0 Å². The minimum absolute atomic E-state index is 0.0553. The zero-order valence-corrected chi connectivity index (χ0v) is 14.0. The number of carbonyl (C=O) groups is 1. The number of carbonyl (C=O) groups excluding carboxylic acids is 1. The van der Waals surface area contributed by atoms with Gasteiger partial charge in [-0.3, -0.25) is 10.1 Å². The van der Waals surface area contributed by atoms with E-state index in [0.717, 1.165) is 6.42 Å². The van der Waals surface area contributed by atoms with Gasteiger partial charge in [0.15, 0.2) is 0 Å². The van der Waals surface area contributed by atoms with Crippen molar-refractivity contribution in [3.63, 3.8) is 0 Å². The minimum Gasteiger partial charge on any atom is -0.410 e. The van der Waals surface area contributed by atoms with Gasteiger partial charge < -0.3 is 15.8 Å². The Bertz CT molecular complexity index is 535. The highest BCUT2D eigenvalue weighted by molar-refractivity contribution is 5.70. The second-order valence-electron chi connectivity index (χ2n) is 6.80. The molecular weight excluding hydrogens is 298 g/mol. The van der Waals surface area contributed by atoms with Gasteiger partial charge in [0.2, 0.25) is 0 Å². The molecule has 1 rings (SSSR count). The number of nitrogens with one attached hydrogen (secondary N) is 1. The van der Waals surface area contributed by atoms with Gasteiger partial charge >= 0.3 is 6.09 Å². The SMILES string of the molecule is CC(C)CC(CC(C)(C)N)NC(=O)Oc1ccc([N+](=O)[O-])cc1. The standard InChI is InChI=1S/C16H25N3O4/c1-11(2)9-12(10-16(3,4)17)18-15(20)23-14-7-5-13(6-8-14)19(21)22/h5-8,11-12H,9-10,17H2,1-4H3,(H,18,20). The van der Waals surface area contributed by atoms with E-state index in [1.807, 2.05) is 13.8 Å². The van der Waals surface area contributed by atoms with Crippen LogP contribution in [0.5, 0.6) is 5.75 Å². The third kappa shape index (κ3) is 7.60. The lowest BCUT2D eigenvalue weighted by Crippen LogP contribution is -2.45. The number of nitro benzene ring substituents is 1. The van der Waals surface area contributed by atoms with Crippen molar-refractivity contribution in [2.24, 2.45) is 11.7 Å². The van der Waals surface area contributed by atoms with E-state index in [1.165, 1.54) is 24.3 Å². The molecule has 0 saturated heterocycles. The van der Waals surface area contributed by atoms with Crippen LogP contribution in [0.25, 0.3) is 0 Å². The molecule has 1 aromatic rings. The van der Waals surface area contributed by atoms with E-state index < -0.39 is 16.6 Å². The predicted octanol–water partition coefficient (Wildman–Crippen LogP) is 3.23. The lowest BCUT2D eigenvalue weighted by atomic mass is 9.91. The molecule has 1 amide bonds. The summed E-state index contributed by atoms with van der Waals surface area (Å²) in [5.74, 6) is 0.658. The van der Waals surface area contributed by atoms with E-state index in [9.17, 15) is 14.9 Å². The summed E-state index contributed by atoms with van der Waals surface area (Å²) in [7, 11) is 0. The molecule has 0 bridgehead atoms. The molecular formula is C16H25N3O4. The van der Waals surface area contributed by atoms with Gasteiger partial charge in [0, 0.05) is 23.7 Å². The zero-order valence-electron chi connectivity index (χ0n) is 14.0. The number of nitrogens with zero attached hydrogens (tertiary/aromatic N) is 1. The molecule has 0 aromatic heterocycles. The van der Waals surface area contributed by atoms with E-state index in [1.54, 1.807) is 0 Å². The molecule has 128 valence electrons. The van der Waals surface area contributed by atoms with Crippen LogP contribution in [0.2, 0.25) is 0 Å². The highest BCUT2D eigenvalue weighted by Crippen LogP contribution is 2.18. The highest BCUT2D eigenvalue weighted by Gasteiger charge is 2.22. The van der Waals surface area contributed by atoms with Crippen LogP contribution in [0.4, 0.5) is 10.5 Å². The van der Waals surface area contributed by atoms with E-state index in [0.29, 0.717) is 12.3 Å². The molecule has 0 radical (unpaired) electrons. The molecule has 1 unspecified atom stereocenters. The van der Waals surface area contributed by atoms with Crippen LogP contribution < -0.4 is 15.8 Å². The number of nitro groups is 1. The summed E-state index contributed by atoms with van der Waals surface area (Å²) in [6.07, 6.45) is 0.824. The van der Waals surface area contributed by atoms with Gasteiger partial charge in [0.1, 0.15) is 5.75 Å². The Balaban J connectivity index is 2.65. The van der Waals surface area contributed by atoms with Crippen molar-refractivity contribution in [3.8, 4) is 5.75 Å². The third-order valence-corrected chi connectivity index (χ3v) is 3.11. The lowest BCUT2D eigenvalue weighted by molar-refractivity contribution is -0.384. The van der Waals surface area contributed by atoms with Crippen molar-refractivity contribution in [2.45, 2.75) is 52.1 Å². The second-order valence-corrected chi connectivity index (χ2v) is 6.80. The zero-order chi connectivity index (χ0) is 17.6. The summed E-state index contributed by atoms with van der Waals surface area (Å²) in [5, 5.41) is 13.4. The van der Waals surface area contributed by atoms with Crippen molar-refractivity contribution < 1.29 is 14.5 Å². The molecule has 0 heterocycles. The van der Waals surface area contributed by atoms with E-state index in [2.05, 4.69) is 19.2 Å². The molecule has 3 N–H and O–H groups in total. The molecule has 0 aliphatic carbocycles. The molecule has 0 aliphatic rings. The Morgan fingerprint density at radius 1 is 1.35 bits per heavy atom. The van der Waals surface area contributed by atoms with Gasteiger partial charge in [0.05, 0.1) is 4.92 Å². The molecule has 0 aliphatic heterocycles. The van der Waals surface area contributed by atoms with Gasteiger partial charge in [-0.2, -0.15) is 0 Å². The Morgan fingerprint density at radius 3 is 2.35 bits per heavy atom. The van der Waals surface area contributed by atoms with Crippen molar-refractivity contribution in [3.05, 3.63) is 34.4 Å². The molecule has 7 heteroatoms. The van der Waals surface area contributed by atoms with Crippen LogP contribution in [-0.4, -0.2) is 22.6 Å². The van der Waals surface area contributed by atoms with Crippen molar-refractivity contribution in [2.75, 3.05) is 0 Å². The minimum atomic E-state index is -0.589. The highest BCUT2D eigenvalue weighted by atomic mass is 16.6. The molecule has 0 fully saturated rings. The number of rotatable bonds is 7. The number of benzene rings is 1. The van der Waals surface area contributed by atoms with Gasteiger partial charge in [-0.05, 0) is 44.7 Å². The van der Waals surface area contributed by atoms with Gasteiger partial charge in [-0.25, -0.2) is 4.79 Å². The van der Waals surface area contributed by atoms with Crippen LogP contribution in [-0.2, 0) is 0 Å². The monoisotopic (exact) mass is 323 g/mol. The normalized spacial score (nSPS) is 12.8. The largest absolute Gasteiger partial charge is 0.412 e. The summed E-state index contributed by atoms with van der Waals surface area (Å²) >= 11 is 0. The van der Waals surface area contributed by atoms with Crippen molar-refractivity contribution in [1.29, 1.82) is 0 Å². The molecule has 1 aromatic carbocycles. The molecule has 23 heavy (non-hydrogen) atoms. The topological polar surface area (TPSA) is 107 Å². The molecule has 1 atom stereocenters. The summed E-state index contributed by atoms with van der Waals surface area (Å²) in [6, 6.07) is 5.26. The molecule has 0 saturated carbocycles. The van der Waals surface area contributed by atoms with Gasteiger partial charge in [-0.15, -0.1) is 0 Å². The Kier molecular flexibility index (Phi) is 6.50. The first-order valence-electron chi connectivity index (χ1n) is 7.58. The van der Waals surface area contributed by atoms with Crippen LogP contribution in [0.15, 0.2) is 24.3 Å². The lowest BCUT2D eigenvalue weighted by Gasteiger charge is -2.27. The molecule has 7 nitrogen and oxygen atoms in total. The second kappa shape index (κ2) is 7.92. The average Bonchev–Trinajstić information content (AvgIpc) is 2.35.